The largest absolute Gasteiger partial charge is 0.298 e. The van der Waals surface area contributed by atoms with Crippen LogP contribution in [0, 0.1) is 10.1 Å². The molecule has 0 aliphatic carbocycles. The van der Waals surface area contributed by atoms with Gasteiger partial charge < -0.3 is 0 Å². The van der Waals surface area contributed by atoms with Crippen LogP contribution in [0.15, 0.2) is 76.3 Å². The molecule has 0 saturated heterocycles. The molecule has 0 saturated carbocycles. The molecule has 0 atom stereocenters. The summed E-state index contributed by atoms with van der Waals surface area (Å²) in [5.74, 6) is -0.445. The molecular weight excluding hydrogens is 496 g/mol. The molecule has 0 bridgehead atoms. The highest BCUT2D eigenvalue weighted by Crippen LogP contribution is 2.33. The first-order valence-electron chi connectivity index (χ1n) is 9.84. The number of anilines is 1. The Hall–Kier alpha value is -3.45. The Morgan fingerprint density at radius 2 is 1.79 bits per heavy atom. The summed E-state index contributed by atoms with van der Waals surface area (Å²) in [5, 5.41) is 17.0. The van der Waals surface area contributed by atoms with Gasteiger partial charge in [0.2, 0.25) is 10.0 Å². The maximum Gasteiger partial charge on any atom is 0.280 e. The van der Waals surface area contributed by atoms with Crippen LogP contribution in [0.5, 0.6) is 0 Å². The topological polar surface area (TPSA) is 123 Å². The second-order valence-electron chi connectivity index (χ2n) is 7.19. The Bertz CT molecular complexity index is 1430. The van der Waals surface area contributed by atoms with Crippen molar-refractivity contribution in [1.82, 2.24) is 9.29 Å². The summed E-state index contributed by atoms with van der Waals surface area (Å²) < 4.78 is 27.0. The number of nitro groups is 1. The van der Waals surface area contributed by atoms with Crippen molar-refractivity contribution in [1.29, 1.82) is 0 Å². The third-order valence-electron chi connectivity index (χ3n) is 4.85. The van der Waals surface area contributed by atoms with Crippen molar-refractivity contribution in [3.05, 3.63) is 92.7 Å². The third-order valence-corrected chi connectivity index (χ3v) is 8.36. The number of carbonyl (C=O) groups excluding carboxylic acids is 1. The van der Waals surface area contributed by atoms with E-state index in [4.69, 9.17) is 0 Å². The van der Waals surface area contributed by atoms with Gasteiger partial charge in [0, 0.05) is 30.6 Å². The van der Waals surface area contributed by atoms with Crippen LogP contribution in [-0.2, 0) is 16.6 Å². The predicted molar refractivity (Wildman–Crippen MR) is 132 cm³/mol. The van der Waals surface area contributed by atoms with Crippen LogP contribution in [0.4, 0.5) is 10.8 Å². The minimum absolute atomic E-state index is 0.0111. The van der Waals surface area contributed by atoms with Gasteiger partial charge in [0.15, 0.2) is 5.13 Å². The standard InChI is InChI=1S/C22H18N4O5S3/c1-25(12-15-5-3-2-4-6-15)34(30,31)18-9-7-16(8-10-18)21(27)24-22-23-19(14-33-22)20-11-17(13-32-20)26(28)29/h2-11,13-14H,12H2,1H3,(H,23,24,27). The van der Waals surface area contributed by atoms with Gasteiger partial charge in [-0.25, -0.2) is 13.4 Å². The predicted octanol–water partition coefficient (Wildman–Crippen LogP) is 4.85. The zero-order chi connectivity index (χ0) is 24.3. The van der Waals surface area contributed by atoms with Gasteiger partial charge in [0.05, 0.1) is 25.8 Å². The Labute approximate surface area is 203 Å². The minimum atomic E-state index is -3.73. The Kier molecular flexibility index (Phi) is 6.84. The number of aromatic nitrogens is 1. The summed E-state index contributed by atoms with van der Waals surface area (Å²) in [6, 6.07) is 16.4. The number of thiophene rings is 1. The average molecular weight is 515 g/mol. The van der Waals surface area contributed by atoms with Gasteiger partial charge >= 0.3 is 0 Å². The van der Waals surface area contributed by atoms with Crippen LogP contribution >= 0.6 is 22.7 Å². The molecule has 0 aliphatic rings. The van der Waals surface area contributed by atoms with Crippen molar-refractivity contribution in [2.75, 3.05) is 12.4 Å². The first kappa shape index (κ1) is 23.7. The average Bonchev–Trinajstić information content (AvgIpc) is 3.50. The number of thiazole rings is 1. The van der Waals surface area contributed by atoms with E-state index in [1.807, 2.05) is 30.3 Å². The van der Waals surface area contributed by atoms with Gasteiger partial charge in [-0.2, -0.15) is 4.31 Å². The second kappa shape index (κ2) is 9.81. The number of rotatable bonds is 8. The summed E-state index contributed by atoms with van der Waals surface area (Å²) in [6.07, 6.45) is 0. The van der Waals surface area contributed by atoms with Crippen molar-refractivity contribution in [3.8, 4) is 10.6 Å². The van der Waals surface area contributed by atoms with Crippen LogP contribution in [-0.4, -0.2) is 35.6 Å². The lowest BCUT2D eigenvalue weighted by molar-refractivity contribution is -0.384. The smallest absolute Gasteiger partial charge is 0.280 e. The monoisotopic (exact) mass is 514 g/mol. The number of amides is 1. The van der Waals surface area contributed by atoms with Crippen molar-refractivity contribution in [2.45, 2.75) is 11.4 Å². The van der Waals surface area contributed by atoms with E-state index in [-0.39, 0.29) is 22.7 Å². The maximum atomic E-state index is 12.9. The van der Waals surface area contributed by atoms with Gasteiger partial charge in [0.1, 0.15) is 0 Å². The van der Waals surface area contributed by atoms with E-state index in [2.05, 4.69) is 10.3 Å². The van der Waals surface area contributed by atoms with Crippen molar-refractivity contribution in [2.24, 2.45) is 0 Å². The van der Waals surface area contributed by atoms with Gasteiger partial charge in [-0.05, 0) is 29.8 Å². The zero-order valence-electron chi connectivity index (χ0n) is 17.7. The van der Waals surface area contributed by atoms with Gasteiger partial charge in [-0.3, -0.25) is 20.2 Å². The van der Waals surface area contributed by atoms with Crippen LogP contribution in [0.1, 0.15) is 15.9 Å². The lowest BCUT2D eigenvalue weighted by Gasteiger charge is -2.17. The van der Waals surface area contributed by atoms with Gasteiger partial charge in [-0.15, -0.1) is 22.7 Å². The normalized spacial score (nSPS) is 11.5. The Morgan fingerprint density at radius 3 is 2.44 bits per heavy atom. The van der Waals surface area contributed by atoms with Gasteiger partial charge in [-0.1, -0.05) is 30.3 Å². The molecule has 2 heterocycles. The van der Waals surface area contributed by atoms with Crippen LogP contribution in [0.25, 0.3) is 10.6 Å². The molecule has 34 heavy (non-hydrogen) atoms. The molecule has 0 unspecified atom stereocenters. The van der Waals surface area contributed by atoms with E-state index in [1.165, 1.54) is 69.7 Å². The number of nitrogens with one attached hydrogen (secondary N) is 1. The quantitative estimate of drug-likeness (QED) is 0.265. The molecule has 1 amide bonds. The molecule has 4 aromatic rings. The first-order valence-corrected chi connectivity index (χ1v) is 13.0. The molecule has 0 aliphatic heterocycles. The Morgan fingerprint density at radius 1 is 1.09 bits per heavy atom. The van der Waals surface area contributed by atoms with Gasteiger partial charge in [0.25, 0.3) is 11.6 Å². The highest BCUT2D eigenvalue weighted by Gasteiger charge is 2.21. The fourth-order valence-electron chi connectivity index (χ4n) is 3.05. The van der Waals surface area contributed by atoms with Crippen molar-refractivity contribution < 1.29 is 18.1 Å². The molecule has 9 nitrogen and oxygen atoms in total. The van der Waals surface area contributed by atoms with E-state index < -0.39 is 20.9 Å². The number of carbonyl (C=O) groups is 1. The maximum absolute atomic E-state index is 12.9. The molecule has 0 spiro atoms. The number of benzene rings is 2. The van der Waals surface area contributed by atoms with Crippen molar-refractivity contribution in [3.63, 3.8) is 0 Å². The minimum Gasteiger partial charge on any atom is -0.298 e. The molecular formula is C22H18N4O5S3. The second-order valence-corrected chi connectivity index (χ2v) is 11.0. The fraction of sp³-hybridized carbons (Fsp3) is 0.0909. The fourth-order valence-corrected chi connectivity index (χ4v) is 5.81. The number of hydrogen-bond donors (Lipinski definition) is 1. The molecule has 2 aromatic carbocycles. The highest BCUT2D eigenvalue weighted by molar-refractivity contribution is 7.89. The van der Waals surface area contributed by atoms with E-state index in [0.29, 0.717) is 15.7 Å². The summed E-state index contributed by atoms with van der Waals surface area (Å²) >= 11 is 2.38. The number of hydrogen-bond acceptors (Lipinski definition) is 8. The lowest BCUT2D eigenvalue weighted by Crippen LogP contribution is -2.26. The van der Waals surface area contributed by atoms with E-state index in [9.17, 15) is 23.3 Å². The molecule has 12 heteroatoms. The molecule has 0 radical (unpaired) electrons. The molecule has 174 valence electrons. The van der Waals surface area contributed by atoms with Crippen LogP contribution in [0.3, 0.4) is 0 Å². The first-order chi connectivity index (χ1) is 16.2. The number of sulfonamides is 1. The molecule has 2 aromatic heterocycles. The van der Waals surface area contributed by atoms with E-state index >= 15 is 0 Å². The van der Waals surface area contributed by atoms with E-state index in [1.54, 1.807) is 5.38 Å². The molecule has 4 rings (SSSR count). The highest BCUT2D eigenvalue weighted by atomic mass is 32.2. The van der Waals surface area contributed by atoms with E-state index in [0.717, 1.165) is 5.56 Å². The summed E-state index contributed by atoms with van der Waals surface area (Å²) in [6.45, 7) is 0.227. The van der Waals surface area contributed by atoms with Crippen LogP contribution in [0.2, 0.25) is 0 Å². The summed E-state index contributed by atoms with van der Waals surface area (Å²) in [4.78, 5) is 28.0. The Balaban J connectivity index is 1.43. The summed E-state index contributed by atoms with van der Waals surface area (Å²) in [5.41, 5.74) is 1.65. The third kappa shape index (κ3) is 5.20. The lowest BCUT2D eigenvalue weighted by atomic mass is 10.2. The SMILES string of the molecule is CN(Cc1ccccc1)S(=O)(=O)c1ccc(C(=O)Nc2nc(-c3cc([N+](=O)[O-])cs3)cs2)cc1. The van der Waals surface area contributed by atoms with Crippen molar-refractivity contribution >= 4 is 49.4 Å². The molecule has 1 N–H and O–H groups in total. The summed E-state index contributed by atoms with van der Waals surface area (Å²) in [7, 11) is -2.22. The number of nitrogens with zero attached hydrogens (tertiary/aromatic N) is 3. The zero-order valence-corrected chi connectivity index (χ0v) is 20.2. The van der Waals surface area contributed by atoms with Crippen LogP contribution < -0.4 is 5.32 Å². The molecule has 0 fully saturated rings.